The molecule has 0 aliphatic heterocycles. The Bertz CT molecular complexity index is 339. The second kappa shape index (κ2) is 4.36. The maximum atomic E-state index is 10.5. The van der Waals surface area contributed by atoms with Crippen LogP contribution in [0.3, 0.4) is 0 Å². The van der Waals surface area contributed by atoms with Crippen LogP contribution in [-0.2, 0) is 5.60 Å². The third-order valence-electron chi connectivity index (χ3n) is 3.50. The van der Waals surface area contributed by atoms with Gasteiger partial charge in [0, 0.05) is 0 Å². The van der Waals surface area contributed by atoms with E-state index < -0.39 is 5.60 Å². The Kier molecular flexibility index (Phi) is 3.56. The molecule has 0 radical (unpaired) electrons. The summed E-state index contributed by atoms with van der Waals surface area (Å²) >= 11 is 0. The molecule has 1 rings (SSSR count). The predicted octanol–water partition coefficient (Wildman–Crippen LogP) is 3.56. The summed E-state index contributed by atoms with van der Waals surface area (Å²) in [6.07, 6.45) is 0.986. The highest BCUT2D eigenvalue weighted by Crippen LogP contribution is 2.33. The maximum Gasteiger partial charge on any atom is 0.0896 e. The third-order valence-corrected chi connectivity index (χ3v) is 3.50. The Morgan fingerprint density at radius 2 is 1.93 bits per heavy atom. The fourth-order valence-corrected chi connectivity index (χ4v) is 2.04. The van der Waals surface area contributed by atoms with E-state index in [0.29, 0.717) is 0 Å². The Morgan fingerprint density at radius 1 is 1.33 bits per heavy atom. The van der Waals surface area contributed by atoms with Crippen molar-refractivity contribution in [3.63, 3.8) is 0 Å². The van der Waals surface area contributed by atoms with E-state index in [1.165, 1.54) is 11.1 Å². The minimum absolute atomic E-state index is 0.277. The molecule has 0 aliphatic rings. The molecule has 1 aromatic carbocycles. The molecule has 2 unspecified atom stereocenters. The summed E-state index contributed by atoms with van der Waals surface area (Å²) in [4.78, 5) is 0. The van der Waals surface area contributed by atoms with E-state index in [1.54, 1.807) is 0 Å². The van der Waals surface area contributed by atoms with Gasteiger partial charge in [0.05, 0.1) is 5.60 Å². The van der Waals surface area contributed by atoms with E-state index in [-0.39, 0.29) is 5.92 Å². The van der Waals surface area contributed by atoms with Crippen molar-refractivity contribution in [1.82, 2.24) is 0 Å². The molecule has 0 amide bonds. The van der Waals surface area contributed by atoms with Crippen LogP contribution in [-0.4, -0.2) is 5.11 Å². The van der Waals surface area contributed by atoms with Crippen LogP contribution in [0.25, 0.3) is 0 Å². The number of benzene rings is 1. The van der Waals surface area contributed by atoms with Crippen LogP contribution >= 0.6 is 0 Å². The van der Waals surface area contributed by atoms with Crippen LogP contribution < -0.4 is 0 Å². The van der Waals surface area contributed by atoms with Crippen molar-refractivity contribution in [2.75, 3.05) is 0 Å². The highest BCUT2D eigenvalue weighted by Gasteiger charge is 2.30. The summed E-state index contributed by atoms with van der Waals surface area (Å²) in [7, 11) is 0. The van der Waals surface area contributed by atoms with E-state index in [1.807, 2.05) is 6.92 Å². The van der Waals surface area contributed by atoms with Gasteiger partial charge in [-0.05, 0) is 37.8 Å². The number of aryl methyl sites for hydroxylation is 2. The van der Waals surface area contributed by atoms with Gasteiger partial charge in [-0.15, -0.1) is 0 Å². The van der Waals surface area contributed by atoms with Gasteiger partial charge in [0.1, 0.15) is 0 Å². The maximum absolute atomic E-state index is 10.5. The molecule has 0 aliphatic carbocycles. The zero-order chi connectivity index (χ0) is 11.6. The Morgan fingerprint density at radius 3 is 2.40 bits per heavy atom. The lowest BCUT2D eigenvalue weighted by Crippen LogP contribution is -2.30. The predicted molar refractivity (Wildman–Crippen MR) is 64.9 cm³/mol. The molecule has 0 bridgehead atoms. The number of hydrogen-bond acceptors (Lipinski definition) is 1. The number of rotatable bonds is 3. The molecular formula is C14H22O. The molecule has 1 aromatic rings. The van der Waals surface area contributed by atoms with E-state index >= 15 is 0 Å². The topological polar surface area (TPSA) is 20.2 Å². The van der Waals surface area contributed by atoms with Crippen molar-refractivity contribution in [3.8, 4) is 0 Å². The Labute approximate surface area is 93.1 Å². The lowest BCUT2D eigenvalue weighted by molar-refractivity contribution is -0.000543. The molecule has 84 valence electrons. The first-order chi connectivity index (χ1) is 6.89. The quantitative estimate of drug-likeness (QED) is 0.801. The minimum Gasteiger partial charge on any atom is -0.385 e. The number of aliphatic hydroxyl groups is 1. The first kappa shape index (κ1) is 12.3. The van der Waals surface area contributed by atoms with Gasteiger partial charge in [-0.2, -0.15) is 0 Å². The van der Waals surface area contributed by atoms with Crippen LogP contribution in [0.5, 0.6) is 0 Å². The summed E-state index contributed by atoms with van der Waals surface area (Å²) in [5.74, 6) is 0.277. The second-order valence-electron chi connectivity index (χ2n) is 4.78. The van der Waals surface area contributed by atoms with Gasteiger partial charge in [0.15, 0.2) is 0 Å². The summed E-state index contributed by atoms with van der Waals surface area (Å²) in [5.41, 5.74) is 2.77. The first-order valence-electron chi connectivity index (χ1n) is 5.69. The van der Waals surface area contributed by atoms with Gasteiger partial charge in [-0.3, -0.25) is 0 Å². The lowest BCUT2D eigenvalue weighted by Gasteiger charge is -2.31. The summed E-state index contributed by atoms with van der Waals surface area (Å²) in [6.45, 7) is 10.3. The van der Waals surface area contributed by atoms with Crippen molar-refractivity contribution >= 4 is 0 Å². The fraction of sp³-hybridized carbons (Fsp3) is 0.571. The molecule has 1 N–H and O–H groups in total. The molecule has 15 heavy (non-hydrogen) atoms. The molecular weight excluding hydrogens is 184 g/mol. The zero-order valence-corrected chi connectivity index (χ0v) is 10.5. The molecule has 0 fully saturated rings. The molecule has 1 heteroatoms. The summed E-state index contributed by atoms with van der Waals surface area (Å²) in [6, 6.07) is 6.25. The van der Waals surface area contributed by atoms with Crippen LogP contribution in [0.4, 0.5) is 0 Å². The molecule has 0 spiro atoms. The normalized spacial score (nSPS) is 17.2. The fourth-order valence-electron chi connectivity index (χ4n) is 2.04. The van der Waals surface area contributed by atoms with E-state index in [9.17, 15) is 5.11 Å². The van der Waals surface area contributed by atoms with Gasteiger partial charge in [0.2, 0.25) is 0 Å². The SMILES string of the molecule is CCC(C)C(C)(O)c1ccc(C)cc1C. The highest BCUT2D eigenvalue weighted by atomic mass is 16.3. The van der Waals surface area contributed by atoms with Gasteiger partial charge >= 0.3 is 0 Å². The van der Waals surface area contributed by atoms with Gasteiger partial charge in [-0.1, -0.05) is 44.0 Å². The molecule has 0 saturated heterocycles. The Balaban J connectivity index is 3.15. The van der Waals surface area contributed by atoms with E-state index in [2.05, 4.69) is 45.9 Å². The van der Waals surface area contributed by atoms with E-state index in [4.69, 9.17) is 0 Å². The number of hydrogen-bond donors (Lipinski definition) is 1. The molecule has 2 atom stereocenters. The standard InChI is InChI=1S/C14H22O/c1-6-12(4)14(5,15)13-8-7-10(2)9-11(13)3/h7-9,12,15H,6H2,1-5H3. The van der Waals surface area contributed by atoms with Crippen LogP contribution in [0.1, 0.15) is 43.9 Å². The molecule has 0 aromatic heterocycles. The summed E-state index contributed by atoms with van der Waals surface area (Å²) < 4.78 is 0. The Hall–Kier alpha value is -0.820. The van der Waals surface area contributed by atoms with Crippen LogP contribution in [0.2, 0.25) is 0 Å². The largest absolute Gasteiger partial charge is 0.385 e. The lowest BCUT2D eigenvalue weighted by atomic mass is 9.80. The van der Waals surface area contributed by atoms with E-state index in [0.717, 1.165) is 12.0 Å². The van der Waals surface area contributed by atoms with Crippen molar-refractivity contribution in [3.05, 3.63) is 34.9 Å². The van der Waals surface area contributed by atoms with Crippen molar-refractivity contribution in [2.24, 2.45) is 5.92 Å². The smallest absolute Gasteiger partial charge is 0.0896 e. The minimum atomic E-state index is -0.716. The van der Waals surface area contributed by atoms with Crippen LogP contribution in [0.15, 0.2) is 18.2 Å². The van der Waals surface area contributed by atoms with Crippen molar-refractivity contribution in [1.29, 1.82) is 0 Å². The summed E-state index contributed by atoms with van der Waals surface area (Å²) in [5, 5.41) is 10.5. The van der Waals surface area contributed by atoms with Gasteiger partial charge in [0.25, 0.3) is 0 Å². The highest BCUT2D eigenvalue weighted by molar-refractivity contribution is 5.34. The first-order valence-corrected chi connectivity index (χ1v) is 5.69. The average Bonchev–Trinajstić information content (AvgIpc) is 2.15. The average molecular weight is 206 g/mol. The molecule has 0 saturated carbocycles. The monoisotopic (exact) mass is 206 g/mol. The van der Waals surface area contributed by atoms with Gasteiger partial charge < -0.3 is 5.11 Å². The second-order valence-corrected chi connectivity index (χ2v) is 4.78. The van der Waals surface area contributed by atoms with Crippen molar-refractivity contribution < 1.29 is 5.11 Å². The van der Waals surface area contributed by atoms with Crippen LogP contribution in [0, 0.1) is 19.8 Å². The zero-order valence-electron chi connectivity index (χ0n) is 10.5. The van der Waals surface area contributed by atoms with Gasteiger partial charge in [-0.25, -0.2) is 0 Å². The van der Waals surface area contributed by atoms with Crippen molar-refractivity contribution in [2.45, 2.75) is 46.6 Å². The third kappa shape index (κ3) is 2.40. The molecule has 1 nitrogen and oxygen atoms in total. The molecule has 0 heterocycles.